The zero-order valence-electron chi connectivity index (χ0n) is 21.3. The standard InChI is InChI=1S/7C2H4O2.3Cr.NO3.3H2O.O/c7*1-2(3)4;;;;2-1(3)4;;;;/h7*1H3,(H,3,4);;;;;3*1H2;/q;;;;;;;3*+3;-1;;;;-2/p-3. The van der Waals surface area contributed by atoms with Crippen molar-refractivity contribution in [2.45, 2.75) is 48.5 Å². The summed E-state index contributed by atoms with van der Waals surface area (Å²) in [6.07, 6.45) is 0. The molecule has 22 nitrogen and oxygen atoms in total. The van der Waals surface area contributed by atoms with Gasteiger partial charge < -0.3 is 102 Å². The minimum absolute atomic E-state index is 0. The number of aliphatic carboxylic acids is 7. The maximum absolute atomic E-state index is 9.00. The van der Waals surface area contributed by atoms with Crippen molar-refractivity contribution in [1.82, 2.24) is 0 Å². The molecule has 0 unspecified atom stereocenters. The minimum Gasteiger partial charge on any atom is -2.00 e. The molecule has 0 heterocycles. The molecule has 0 rings (SSSR count). The molecule has 0 spiro atoms. The van der Waals surface area contributed by atoms with E-state index in [4.69, 9.17) is 84.6 Å². The maximum Gasteiger partial charge on any atom is 3.00 e. The molecule has 0 fully saturated rings. The van der Waals surface area contributed by atoms with Gasteiger partial charge in [0.25, 0.3) is 5.97 Å². The van der Waals surface area contributed by atoms with E-state index in [9.17, 15) is 0 Å². The molecule has 0 amide bonds. The molecule has 0 saturated heterocycles. The van der Waals surface area contributed by atoms with Gasteiger partial charge >= 0.3 is 52.1 Å². The quantitative estimate of drug-likeness (QED) is 0.139. The van der Waals surface area contributed by atoms with E-state index in [0.29, 0.717) is 0 Å². The summed E-state index contributed by atoms with van der Waals surface area (Å²) in [4.78, 5) is 70.6. The van der Waals surface area contributed by atoms with Gasteiger partial charge in [-0.2, -0.15) is 0 Å². The van der Waals surface area contributed by atoms with Crippen LogP contribution < -0.4 is 30.6 Å². The van der Waals surface area contributed by atoms with Gasteiger partial charge in [0.2, 0.25) is 0 Å². The molecule has 0 aromatic carbocycles. The molecule has 0 aliphatic rings. The van der Waals surface area contributed by atoms with Crippen LogP contribution in [0.1, 0.15) is 48.5 Å². The van der Waals surface area contributed by atoms with Crippen LogP contribution in [0.25, 0.3) is 0 Å². The zero-order valence-corrected chi connectivity index (χ0v) is 25.1. The second-order valence-corrected chi connectivity index (χ2v) is 3.69. The molecular formula is C14H31Cr3NO21+3. The summed E-state index contributed by atoms with van der Waals surface area (Å²) >= 11 is 0. The molecule has 25 heteroatoms. The van der Waals surface area contributed by atoms with E-state index in [1.165, 1.54) is 0 Å². The summed E-state index contributed by atoms with van der Waals surface area (Å²) in [6.45, 7) is 6.92. The molecule has 0 bridgehead atoms. The normalized spacial score (nSPS) is 5.10. The third kappa shape index (κ3) is 4010. The van der Waals surface area contributed by atoms with Gasteiger partial charge in [0, 0.05) is 42.7 Å². The molecule has 10 N–H and O–H groups in total. The van der Waals surface area contributed by atoms with Gasteiger partial charge in [-0.3, -0.25) is 4.79 Å². The Bertz CT molecular complexity index is 384. The second-order valence-electron chi connectivity index (χ2n) is 3.69. The molecule has 233 valence electrons. The summed E-state index contributed by atoms with van der Waals surface area (Å²) in [6, 6.07) is 0. The average Bonchev–Trinajstić information content (AvgIpc) is 2.30. The van der Waals surface area contributed by atoms with Gasteiger partial charge in [0.15, 0.2) is 0 Å². The Morgan fingerprint density at radius 3 is 0.462 bits per heavy atom. The van der Waals surface area contributed by atoms with E-state index in [2.05, 4.69) is 0 Å². The van der Waals surface area contributed by atoms with Gasteiger partial charge in [-0.25, -0.2) is 0 Å². The van der Waals surface area contributed by atoms with E-state index in [0.717, 1.165) is 48.5 Å². The summed E-state index contributed by atoms with van der Waals surface area (Å²) in [5.74, 6) is -7.33. The topological polar surface area (TPSA) is 472 Å². The predicted molar refractivity (Wildman–Crippen MR) is 103 cm³/mol. The predicted octanol–water partition coefficient (Wildman–Crippen LogP) is -10.5. The number of hydrogen-bond acceptors (Lipinski definition) is 16. The largest absolute Gasteiger partial charge is 3.00 e. The molecular weight excluding hydrogens is 674 g/mol. The number of hydrogen-bond donors (Lipinski definition) is 1. The molecule has 0 aromatic rings. The first-order chi connectivity index (χ1) is 13.9. The van der Waals surface area contributed by atoms with Crippen LogP contribution in [0.5, 0.6) is 0 Å². The first-order valence-corrected chi connectivity index (χ1v) is 6.92. The maximum atomic E-state index is 9.00. The number of carboxylic acids is 7. The minimum atomic E-state index is -1.75. The summed E-state index contributed by atoms with van der Waals surface area (Å²) in [7, 11) is 0. The fourth-order valence-corrected chi connectivity index (χ4v) is 0. The third-order valence-corrected chi connectivity index (χ3v) is 0. The van der Waals surface area contributed by atoms with Crippen LogP contribution in [0.2, 0.25) is 0 Å². The van der Waals surface area contributed by atoms with Gasteiger partial charge in [0.1, 0.15) is 0 Å². The summed E-state index contributed by atoms with van der Waals surface area (Å²) in [5, 5.41) is 75.5. The Hall–Kier alpha value is -3.07. The van der Waals surface area contributed by atoms with Gasteiger partial charge in [0.05, 0.1) is 5.09 Å². The van der Waals surface area contributed by atoms with Gasteiger partial charge in [-0.1, -0.05) is 0 Å². The van der Waals surface area contributed by atoms with Crippen molar-refractivity contribution < 1.29 is 148 Å². The van der Waals surface area contributed by atoms with Crippen LogP contribution in [-0.2, 0) is 108 Å². The van der Waals surface area contributed by atoms with Gasteiger partial charge in [-0.05, 0) is 41.5 Å². The number of carbonyl (C=O) groups excluding carboxylic acids is 6. The first kappa shape index (κ1) is 100. The monoisotopic (exact) mass is 705 g/mol. The van der Waals surface area contributed by atoms with Crippen molar-refractivity contribution in [2.75, 3.05) is 0 Å². The van der Waals surface area contributed by atoms with Crippen molar-refractivity contribution in [1.29, 1.82) is 0 Å². The average molecular weight is 705 g/mol. The van der Waals surface area contributed by atoms with Crippen molar-refractivity contribution in [3.8, 4) is 0 Å². The Labute approximate surface area is 253 Å². The number of rotatable bonds is 0. The van der Waals surface area contributed by atoms with E-state index in [1.807, 2.05) is 0 Å². The van der Waals surface area contributed by atoms with Crippen LogP contribution in [-0.4, -0.2) is 52.0 Å². The summed E-state index contributed by atoms with van der Waals surface area (Å²) < 4.78 is 0. The number of nitrogens with zero attached hydrogens (tertiary/aromatic N) is 1. The molecule has 0 aliphatic carbocycles. The fraction of sp³-hybridized carbons (Fsp3) is 0.500. The van der Waals surface area contributed by atoms with Crippen LogP contribution in [0.15, 0.2) is 0 Å². The number of carbonyl (C=O) groups is 7. The van der Waals surface area contributed by atoms with Crippen LogP contribution in [0, 0.1) is 15.3 Å². The fourth-order valence-electron chi connectivity index (χ4n) is 0. The Morgan fingerprint density at radius 2 is 0.462 bits per heavy atom. The Kier molecular flexibility index (Phi) is 236. The van der Waals surface area contributed by atoms with Crippen LogP contribution >= 0.6 is 0 Å². The smallest absolute Gasteiger partial charge is 2.00 e. The third-order valence-electron chi connectivity index (χ3n) is 0. The van der Waals surface area contributed by atoms with Crippen molar-refractivity contribution in [3.63, 3.8) is 0 Å². The summed E-state index contributed by atoms with van der Waals surface area (Å²) in [5.41, 5.74) is 0. The van der Waals surface area contributed by atoms with Crippen molar-refractivity contribution in [2.24, 2.45) is 0 Å². The second kappa shape index (κ2) is 91.8. The van der Waals surface area contributed by atoms with Crippen LogP contribution in [0.3, 0.4) is 0 Å². The van der Waals surface area contributed by atoms with E-state index in [-0.39, 0.29) is 74.0 Å². The molecule has 0 saturated carbocycles. The molecule has 0 aromatic heterocycles. The zero-order chi connectivity index (χ0) is 28.6. The van der Waals surface area contributed by atoms with Gasteiger partial charge in [-0.15, -0.1) is 0 Å². The van der Waals surface area contributed by atoms with Crippen molar-refractivity contribution in [3.05, 3.63) is 15.3 Å². The van der Waals surface area contributed by atoms with E-state index >= 15 is 0 Å². The SMILES string of the molecule is CC(=O)O.CC(=O)[O-].CC(=O)[O-].CC(=O)[O-].CC(=O)[O-].CC(=O)[O-].CC(=O)[O-].O=[N+]([O-])[O-].[Cr+3].[Cr+3].[Cr+3].[O-2].[OH3+].[OH3+].[OH3+]. The van der Waals surface area contributed by atoms with Crippen LogP contribution in [0.4, 0.5) is 0 Å². The molecule has 39 heavy (non-hydrogen) atoms. The molecule has 0 atom stereocenters. The molecule has 0 aliphatic heterocycles. The first-order valence-electron chi connectivity index (χ1n) is 6.92. The Morgan fingerprint density at radius 1 is 0.462 bits per heavy atom. The number of carboxylic acid groups (broad SMARTS) is 7. The van der Waals surface area contributed by atoms with E-state index in [1.54, 1.807) is 0 Å². The van der Waals surface area contributed by atoms with E-state index < -0.39 is 46.9 Å². The molecule has 3 radical (unpaired) electrons. The van der Waals surface area contributed by atoms with Crippen molar-refractivity contribution >= 4 is 41.8 Å². The Balaban J connectivity index is -0.0000000127.